The van der Waals surface area contributed by atoms with Gasteiger partial charge in [-0.3, -0.25) is 4.90 Å². The maximum absolute atomic E-state index is 14.5. The van der Waals surface area contributed by atoms with Crippen LogP contribution in [0.5, 0.6) is 0 Å². The van der Waals surface area contributed by atoms with Crippen LogP contribution < -0.4 is 5.32 Å². The Morgan fingerprint density at radius 1 is 1.38 bits per heavy atom. The number of aromatic amines is 1. The first-order valence-electron chi connectivity index (χ1n) is 10.8. The van der Waals surface area contributed by atoms with Crippen molar-refractivity contribution in [2.75, 3.05) is 31.6 Å². The number of halogens is 2. The van der Waals surface area contributed by atoms with Gasteiger partial charge in [0.15, 0.2) is 17.5 Å². The highest BCUT2D eigenvalue weighted by atomic mass is 35.5. The molecule has 1 unspecified atom stereocenters. The number of ether oxygens (including phenoxy) is 1. The number of fused-ring (bicyclic) bond motifs is 1. The molecule has 0 bridgehead atoms. The summed E-state index contributed by atoms with van der Waals surface area (Å²) in [6.07, 6.45) is 5.84. The molecule has 3 N–H and O–H groups in total. The van der Waals surface area contributed by atoms with Gasteiger partial charge in [0.25, 0.3) is 0 Å². The average Bonchev–Trinajstić information content (AvgIpc) is 3.17. The Labute approximate surface area is 191 Å². The van der Waals surface area contributed by atoms with Crippen molar-refractivity contribution in [1.29, 1.82) is 0 Å². The summed E-state index contributed by atoms with van der Waals surface area (Å²) in [4.78, 5) is 18.1. The number of pyridine rings is 1. The zero-order valence-electron chi connectivity index (χ0n) is 18.2. The highest BCUT2D eigenvalue weighted by Gasteiger charge is 2.24. The van der Waals surface area contributed by atoms with Crippen molar-refractivity contribution in [1.82, 2.24) is 24.8 Å². The maximum Gasteiger partial charge on any atom is 0.183 e. The van der Waals surface area contributed by atoms with Crippen LogP contribution >= 0.6 is 11.6 Å². The van der Waals surface area contributed by atoms with E-state index in [1.165, 1.54) is 6.20 Å². The lowest BCUT2D eigenvalue weighted by Crippen LogP contribution is -2.46. The summed E-state index contributed by atoms with van der Waals surface area (Å²) in [6.45, 7) is 6.28. The van der Waals surface area contributed by atoms with E-state index < -0.39 is 11.9 Å². The Hall–Kier alpha value is -2.33. The van der Waals surface area contributed by atoms with E-state index in [0.29, 0.717) is 41.8 Å². The summed E-state index contributed by atoms with van der Waals surface area (Å²) >= 11 is 6.09. The number of aliphatic hydroxyl groups is 1. The monoisotopic (exact) mass is 462 g/mol. The molecule has 1 aliphatic rings. The third-order valence-electron chi connectivity index (χ3n) is 5.42. The van der Waals surface area contributed by atoms with Gasteiger partial charge in [0, 0.05) is 42.5 Å². The third-order valence-corrected chi connectivity index (χ3v) is 5.63. The number of likely N-dealkylation sites (tertiary alicyclic amines) is 1. The Morgan fingerprint density at radius 3 is 3.03 bits per heavy atom. The van der Waals surface area contributed by atoms with Gasteiger partial charge in [0.2, 0.25) is 0 Å². The normalized spacial score (nSPS) is 18.4. The van der Waals surface area contributed by atoms with Crippen molar-refractivity contribution < 1.29 is 14.2 Å². The molecule has 0 amide bonds. The highest BCUT2D eigenvalue weighted by molar-refractivity contribution is 6.31. The molecule has 0 spiro atoms. The summed E-state index contributed by atoms with van der Waals surface area (Å²) < 4.78 is 20.0. The van der Waals surface area contributed by atoms with Gasteiger partial charge in [-0.25, -0.2) is 19.3 Å². The van der Waals surface area contributed by atoms with Gasteiger partial charge >= 0.3 is 0 Å². The lowest BCUT2D eigenvalue weighted by atomic mass is 10.1. The lowest BCUT2D eigenvalue weighted by molar-refractivity contribution is -0.0110. The SMILES string of the molecule is CC(C)OCC(O)CN1CCC[C@H](Nc2nc(-c3c[nH]c4ncc(Cl)cc34)ncc2F)C1. The number of piperidine rings is 1. The molecule has 0 aliphatic carbocycles. The summed E-state index contributed by atoms with van der Waals surface area (Å²) in [5.74, 6) is 0.0419. The van der Waals surface area contributed by atoms with E-state index in [9.17, 15) is 9.50 Å². The van der Waals surface area contributed by atoms with E-state index in [2.05, 4.69) is 30.2 Å². The van der Waals surface area contributed by atoms with Gasteiger partial charge in [-0.1, -0.05) is 11.6 Å². The number of aromatic nitrogens is 4. The van der Waals surface area contributed by atoms with Crippen molar-refractivity contribution in [3.63, 3.8) is 0 Å². The molecule has 8 nitrogen and oxygen atoms in total. The van der Waals surface area contributed by atoms with Crippen molar-refractivity contribution in [2.24, 2.45) is 0 Å². The number of β-amino-alcohol motifs (C(OH)–C–C–N with tert-alkyl or cyclic N) is 1. The van der Waals surface area contributed by atoms with Gasteiger partial charge in [-0.05, 0) is 39.3 Å². The molecule has 3 aromatic heterocycles. The van der Waals surface area contributed by atoms with Crippen LogP contribution in [0, 0.1) is 5.82 Å². The van der Waals surface area contributed by atoms with Gasteiger partial charge < -0.3 is 20.1 Å². The number of hydrogen-bond acceptors (Lipinski definition) is 7. The summed E-state index contributed by atoms with van der Waals surface area (Å²) in [5.41, 5.74) is 1.37. The minimum Gasteiger partial charge on any atom is -0.389 e. The molecule has 10 heteroatoms. The van der Waals surface area contributed by atoms with Crippen LogP contribution in [0.15, 0.2) is 24.7 Å². The molecule has 0 saturated carbocycles. The molecular weight excluding hydrogens is 435 g/mol. The van der Waals surface area contributed by atoms with E-state index >= 15 is 0 Å². The largest absolute Gasteiger partial charge is 0.389 e. The number of hydrogen-bond donors (Lipinski definition) is 3. The van der Waals surface area contributed by atoms with E-state index in [0.717, 1.165) is 24.8 Å². The lowest BCUT2D eigenvalue weighted by Gasteiger charge is -2.34. The van der Waals surface area contributed by atoms with Crippen LogP contribution in [0.3, 0.4) is 0 Å². The maximum atomic E-state index is 14.5. The molecule has 3 aromatic rings. The second-order valence-electron chi connectivity index (χ2n) is 8.42. The van der Waals surface area contributed by atoms with Gasteiger partial charge in [0.1, 0.15) is 5.65 Å². The average molecular weight is 463 g/mol. The quantitative estimate of drug-likeness (QED) is 0.471. The van der Waals surface area contributed by atoms with Crippen LogP contribution in [0.1, 0.15) is 26.7 Å². The number of anilines is 1. The van der Waals surface area contributed by atoms with Crippen LogP contribution in [-0.4, -0.2) is 74.4 Å². The second kappa shape index (κ2) is 10.1. The topological polar surface area (TPSA) is 99.2 Å². The van der Waals surface area contributed by atoms with Crippen molar-refractivity contribution in [3.05, 3.63) is 35.5 Å². The van der Waals surface area contributed by atoms with Gasteiger partial charge in [-0.2, -0.15) is 0 Å². The molecular formula is C22H28ClFN6O2. The van der Waals surface area contributed by atoms with E-state index in [1.807, 2.05) is 13.8 Å². The summed E-state index contributed by atoms with van der Waals surface area (Å²) in [6, 6.07) is 1.79. The van der Waals surface area contributed by atoms with E-state index in [1.54, 1.807) is 18.5 Å². The van der Waals surface area contributed by atoms with E-state index in [-0.39, 0.29) is 18.0 Å². The highest BCUT2D eigenvalue weighted by Crippen LogP contribution is 2.28. The Morgan fingerprint density at radius 2 is 2.22 bits per heavy atom. The van der Waals surface area contributed by atoms with Crippen molar-refractivity contribution >= 4 is 28.5 Å². The van der Waals surface area contributed by atoms with Crippen LogP contribution in [0.2, 0.25) is 5.02 Å². The fraction of sp³-hybridized carbons (Fsp3) is 0.500. The molecule has 4 heterocycles. The first kappa shape index (κ1) is 22.8. The number of aliphatic hydroxyl groups excluding tert-OH is 1. The summed E-state index contributed by atoms with van der Waals surface area (Å²) in [5, 5.41) is 14.7. The fourth-order valence-electron chi connectivity index (χ4n) is 3.95. The zero-order chi connectivity index (χ0) is 22.7. The molecule has 32 heavy (non-hydrogen) atoms. The number of rotatable bonds is 8. The van der Waals surface area contributed by atoms with Crippen LogP contribution in [0.4, 0.5) is 10.2 Å². The van der Waals surface area contributed by atoms with Crippen molar-refractivity contribution in [2.45, 2.75) is 44.9 Å². The minimum atomic E-state index is -0.555. The molecule has 1 aliphatic heterocycles. The van der Waals surface area contributed by atoms with Gasteiger partial charge in [0.05, 0.1) is 30.0 Å². The summed E-state index contributed by atoms with van der Waals surface area (Å²) in [7, 11) is 0. The van der Waals surface area contributed by atoms with Crippen LogP contribution in [-0.2, 0) is 4.74 Å². The third kappa shape index (κ3) is 5.53. The standard InChI is InChI=1S/C22H28ClFN6O2/c1-13(2)32-12-16(31)11-30-5-3-4-15(10-30)28-22-19(24)9-27-21(29-22)18-8-26-20-17(18)6-14(23)7-25-20/h6-9,13,15-16,31H,3-5,10-12H2,1-2H3,(H,25,26)(H,27,28,29)/t15-,16?/m0/s1. The molecule has 4 rings (SSSR count). The molecule has 2 atom stereocenters. The molecule has 1 saturated heterocycles. The van der Waals surface area contributed by atoms with E-state index in [4.69, 9.17) is 16.3 Å². The Kier molecular flexibility index (Phi) is 7.20. The number of nitrogens with one attached hydrogen (secondary N) is 2. The second-order valence-corrected chi connectivity index (χ2v) is 8.86. The number of H-pyrrole nitrogens is 1. The molecule has 0 radical (unpaired) electrons. The fourth-order valence-corrected chi connectivity index (χ4v) is 4.11. The first-order valence-corrected chi connectivity index (χ1v) is 11.2. The Balaban J connectivity index is 1.45. The zero-order valence-corrected chi connectivity index (χ0v) is 18.9. The Bertz CT molecular complexity index is 1060. The van der Waals surface area contributed by atoms with Crippen LogP contribution in [0.25, 0.3) is 22.4 Å². The van der Waals surface area contributed by atoms with Gasteiger partial charge in [-0.15, -0.1) is 0 Å². The smallest absolute Gasteiger partial charge is 0.183 e. The minimum absolute atomic E-state index is 0.0123. The predicted molar refractivity (Wildman–Crippen MR) is 122 cm³/mol. The molecule has 1 fully saturated rings. The number of nitrogens with zero attached hydrogens (tertiary/aromatic N) is 4. The first-order chi connectivity index (χ1) is 15.4. The van der Waals surface area contributed by atoms with Crippen molar-refractivity contribution in [3.8, 4) is 11.4 Å². The molecule has 172 valence electrons. The molecule has 0 aromatic carbocycles. The predicted octanol–water partition coefficient (Wildman–Crippen LogP) is 3.47.